The van der Waals surface area contributed by atoms with Crippen LogP contribution < -0.4 is 0 Å². The first kappa shape index (κ1) is 10.4. The van der Waals surface area contributed by atoms with Crippen molar-refractivity contribution in [2.24, 2.45) is 0 Å². The molecule has 78 valence electrons. The summed E-state index contributed by atoms with van der Waals surface area (Å²) in [6.45, 7) is 0.200. The Hall–Kier alpha value is -1.07. The average Bonchev–Trinajstić information content (AvgIpc) is 2.50. The van der Waals surface area contributed by atoms with E-state index < -0.39 is 0 Å². The number of imide groups is 1. The molecule has 1 fully saturated rings. The van der Waals surface area contributed by atoms with Crippen LogP contribution >= 0.6 is 23.4 Å². The van der Waals surface area contributed by atoms with Crippen LogP contribution in [0.25, 0.3) is 0 Å². The molecule has 2 rings (SSSR count). The molecule has 0 bridgehead atoms. The van der Waals surface area contributed by atoms with Crippen molar-refractivity contribution in [3.63, 3.8) is 0 Å². The second kappa shape index (κ2) is 4.20. The van der Waals surface area contributed by atoms with E-state index in [-0.39, 0.29) is 23.4 Å². The molecule has 1 aromatic rings. The zero-order chi connectivity index (χ0) is 10.8. The lowest BCUT2D eigenvalue weighted by molar-refractivity contribution is -0.125. The van der Waals surface area contributed by atoms with Gasteiger partial charge in [-0.1, -0.05) is 29.4 Å². The number of thioether (sulfide) groups is 1. The Morgan fingerprint density at radius 1 is 1.47 bits per heavy atom. The molecule has 0 spiro atoms. The summed E-state index contributed by atoms with van der Waals surface area (Å²) in [5.41, 5.74) is 0.617. The van der Waals surface area contributed by atoms with E-state index in [1.165, 1.54) is 4.90 Å². The van der Waals surface area contributed by atoms with Gasteiger partial charge in [-0.2, -0.15) is 0 Å². The van der Waals surface area contributed by atoms with Crippen molar-refractivity contribution in [3.05, 3.63) is 29.0 Å². The average molecular weight is 243 g/mol. The molecule has 1 aliphatic rings. The van der Waals surface area contributed by atoms with Gasteiger partial charge in [0.25, 0.3) is 5.24 Å². The molecule has 0 atom stereocenters. The van der Waals surface area contributed by atoms with Gasteiger partial charge in [0.15, 0.2) is 0 Å². The summed E-state index contributed by atoms with van der Waals surface area (Å²) < 4.78 is 0. The molecule has 2 amide bonds. The lowest BCUT2D eigenvalue weighted by Gasteiger charge is -2.11. The van der Waals surface area contributed by atoms with E-state index in [1.54, 1.807) is 18.2 Å². The number of aromatic nitrogens is 1. The fraction of sp³-hybridized carbons (Fsp3) is 0.222. The second-order valence-corrected chi connectivity index (χ2v) is 4.30. The van der Waals surface area contributed by atoms with Crippen LogP contribution in [0.15, 0.2) is 18.2 Å². The van der Waals surface area contributed by atoms with E-state index in [0.717, 1.165) is 11.8 Å². The molecule has 6 heteroatoms. The Morgan fingerprint density at radius 2 is 2.27 bits per heavy atom. The maximum absolute atomic E-state index is 11.3. The summed E-state index contributed by atoms with van der Waals surface area (Å²) in [6.07, 6.45) is 0. The number of nitrogens with zero attached hydrogens (tertiary/aromatic N) is 2. The van der Waals surface area contributed by atoms with Gasteiger partial charge in [-0.15, -0.1) is 0 Å². The van der Waals surface area contributed by atoms with Crippen molar-refractivity contribution in [1.82, 2.24) is 9.88 Å². The number of pyridine rings is 1. The van der Waals surface area contributed by atoms with Crippen LogP contribution in [0, 0.1) is 0 Å². The summed E-state index contributed by atoms with van der Waals surface area (Å²) in [6, 6.07) is 5.12. The Kier molecular flexibility index (Phi) is 2.93. The lowest BCUT2D eigenvalue weighted by atomic mass is 10.3. The number of rotatable bonds is 2. The Labute approximate surface area is 95.6 Å². The quantitative estimate of drug-likeness (QED) is 0.744. The molecule has 1 saturated heterocycles. The molecule has 1 aromatic heterocycles. The van der Waals surface area contributed by atoms with Crippen LogP contribution in [0.1, 0.15) is 5.69 Å². The third-order valence-electron chi connectivity index (χ3n) is 1.93. The third kappa shape index (κ3) is 2.30. The molecular formula is C9H7ClN2O2S. The minimum absolute atomic E-state index is 0.174. The molecule has 15 heavy (non-hydrogen) atoms. The molecule has 0 aliphatic carbocycles. The summed E-state index contributed by atoms with van der Waals surface area (Å²) in [4.78, 5) is 27.8. The Morgan fingerprint density at radius 3 is 2.87 bits per heavy atom. The summed E-state index contributed by atoms with van der Waals surface area (Å²) in [5, 5.41) is 0.140. The van der Waals surface area contributed by atoms with Gasteiger partial charge in [0.1, 0.15) is 5.15 Å². The fourth-order valence-corrected chi connectivity index (χ4v) is 2.14. The summed E-state index contributed by atoms with van der Waals surface area (Å²) in [5.74, 6) is 0.0473. The van der Waals surface area contributed by atoms with Gasteiger partial charge >= 0.3 is 0 Å². The van der Waals surface area contributed by atoms with Gasteiger partial charge in [-0.3, -0.25) is 14.5 Å². The highest BCUT2D eigenvalue weighted by Crippen LogP contribution is 2.20. The monoisotopic (exact) mass is 242 g/mol. The molecule has 4 nitrogen and oxygen atoms in total. The number of amides is 2. The topological polar surface area (TPSA) is 50.3 Å². The van der Waals surface area contributed by atoms with Gasteiger partial charge < -0.3 is 0 Å². The van der Waals surface area contributed by atoms with E-state index in [2.05, 4.69) is 4.98 Å². The minimum atomic E-state index is -0.221. The zero-order valence-electron chi connectivity index (χ0n) is 7.64. The predicted octanol–water partition coefficient (Wildman–Crippen LogP) is 1.93. The maximum atomic E-state index is 11.3. The molecule has 2 heterocycles. The summed E-state index contributed by atoms with van der Waals surface area (Å²) in [7, 11) is 0. The highest BCUT2D eigenvalue weighted by Gasteiger charge is 2.29. The van der Waals surface area contributed by atoms with E-state index in [9.17, 15) is 9.59 Å². The minimum Gasteiger partial charge on any atom is -0.273 e. The van der Waals surface area contributed by atoms with Crippen LogP contribution in [0.5, 0.6) is 0 Å². The molecular weight excluding hydrogens is 236 g/mol. The van der Waals surface area contributed by atoms with Crippen molar-refractivity contribution in [2.75, 3.05) is 5.75 Å². The zero-order valence-corrected chi connectivity index (χ0v) is 9.22. The van der Waals surface area contributed by atoms with Crippen LogP contribution in [0.4, 0.5) is 4.79 Å². The summed E-state index contributed by atoms with van der Waals surface area (Å²) >= 11 is 6.71. The van der Waals surface area contributed by atoms with Crippen LogP contribution in [-0.4, -0.2) is 26.8 Å². The first-order chi connectivity index (χ1) is 7.16. The predicted molar refractivity (Wildman–Crippen MR) is 57.7 cm³/mol. The lowest BCUT2D eigenvalue weighted by Crippen LogP contribution is -2.28. The van der Waals surface area contributed by atoms with Crippen molar-refractivity contribution in [1.29, 1.82) is 0 Å². The normalized spacial score (nSPS) is 16.2. The van der Waals surface area contributed by atoms with Gasteiger partial charge in [-0.05, 0) is 12.1 Å². The highest BCUT2D eigenvalue weighted by atomic mass is 35.5. The van der Waals surface area contributed by atoms with Crippen molar-refractivity contribution in [2.45, 2.75) is 6.54 Å². The first-order valence-corrected chi connectivity index (χ1v) is 5.62. The smallest absolute Gasteiger partial charge is 0.273 e. The Balaban J connectivity index is 2.15. The van der Waals surface area contributed by atoms with Crippen LogP contribution in [-0.2, 0) is 11.3 Å². The maximum Gasteiger partial charge on any atom is 0.289 e. The van der Waals surface area contributed by atoms with E-state index >= 15 is 0 Å². The number of hydrogen-bond donors (Lipinski definition) is 0. The molecule has 1 aliphatic heterocycles. The SMILES string of the molecule is O=C1CSC(=O)N1Cc1cccc(Cl)n1. The van der Waals surface area contributed by atoms with Gasteiger partial charge in [0.05, 0.1) is 18.0 Å². The van der Waals surface area contributed by atoms with Gasteiger partial charge in [0.2, 0.25) is 5.91 Å². The van der Waals surface area contributed by atoms with Gasteiger partial charge in [-0.25, -0.2) is 4.98 Å². The number of halogens is 1. The fourth-order valence-electron chi connectivity index (χ4n) is 1.23. The number of hydrogen-bond acceptors (Lipinski definition) is 4. The van der Waals surface area contributed by atoms with Crippen LogP contribution in [0.2, 0.25) is 5.15 Å². The first-order valence-electron chi connectivity index (χ1n) is 4.25. The number of carbonyl (C=O) groups excluding carboxylic acids is 2. The van der Waals surface area contributed by atoms with E-state index in [1.807, 2.05) is 0 Å². The molecule has 0 N–H and O–H groups in total. The van der Waals surface area contributed by atoms with Crippen molar-refractivity contribution >= 4 is 34.5 Å². The standard InChI is InChI=1S/C9H7ClN2O2S/c10-7-3-1-2-6(11-7)4-12-8(13)5-15-9(12)14/h1-3H,4-5H2. The molecule has 0 saturated carbocycles. The largest absolute Gasteiger partial charge is 0.289 e. The number of carbonyl (C=O) groups is 2. The van der Waals surface area contributed by atoms with Crippen molar-refractivity contribution in [3.8, 4) is 0 Å². The Bertz CT molecular complexity index is 408. The second-order valence-electron chi connectivity index (χ2n) is 2.99. The molecule has 0 radical (unpaired) electrons. The van der Waals surface area contributed by atoms with E-state index in [0.29, 0.717) is 10.8 Å². The third-order valence-corrected chi connectivity index (χ3v) is 3.00. The van der Waals surface area contributed by atoms with Crippen LogP contribution in [0.3, 0.4) is 0 Å². The highest BCUT2D eigenvalue weighted by molar-refractivity contribution is 8.14. The molecule has 0 unspecified atom stereocenters. The molecule has 0 aromatic carbocycles. The van der Waals surface area contributed by atoms with E-state index in [4.69, 9.17) is 11.6 Å². The van der Waals surface area contributed by atoms with Gasteiger partial charge in [0, 0.05) is 0 Å². The van der Waals surface area contributed by atoms with Crippen molar-refractivity contribution < 1.29 is 9.59 Å².